The normalized spacial score (nSPS) is 18.2. The van der Waals surface area contributed by atoms with E-state index < -0.39 is 12.1 Å². The summed E-state index contributed by atoms with van der Waals surface area (Å²) < 4.78 is 0. The van der Waals surface area contributed by atoms with Gasteiger partial charge in [-0.1, -0.05) is 31.2 Å². The minimum atomic E-state index is -0.544. The lowest BCUT2D eigenvalue weighted by molar-refractivity contribution is -0.139. The van der Waals surface area contributed by atoms with Crippen molar-refractivity contribution in [1.29, 1.82) is 5.41 Å². The molecule has 1 aromatic carbocycles. The molecule has 1 aliphatic heterocycles. The number of likely N-dealkylation sites (tertiary alicyclic amines) is 1. The summed E-state index contributed by atoms with van der Waals surface area (Å²) >= 11 is 0. The molecule has 2 amide bonds. The van der Waals surface area contributed by atoms with Crippen LogP contribution in [0.5, 0.6) is 0 Å². The Bertz CT molecular complexity index is 614. The van der Waals surface area contributed by atoms with Crippen molar-refractivity contribution in [1.82, 2.24) is 10.2 Å². The van der Waals surface area contributed by atoms with E-state index in [0.29, 0.717) is 31.5 Å². The van der Waals surface area contributed by atoms with Gasteiger partial charge in [0, 0.05) is 18.7 Å². The van der Waals surface area contributed by atoms with Gasteiger partial charge in [0.1, 0.15) is 11.9 Å². The summed E-state index contributed by atoms with van der Waals surface area (Å²) in [5.41, 5.74) is 12.8. The van der Waals surface area contributed by atoms with Crippen molar-refractivity contribution in [3.8, 4) is 0 Å². The number of amidine groups is 1. The summed E-state index contributed by atoms with van der Waals surface area (Å²) in [6, 6.07) is 6.15. The number of benzene rings is 1. The van der Waals surface area contributed by atoms with E-state index in [1.54, 1.807) is 17.0 Å². The third kappa shape index (κ3) is 4.11. The Kier molecular flexibility index (Phi) is 5.92. The van der Waals surface area contributed by atoms with Gasteiger partial charge in [0.25, 0.3) is 0 Å². The van der Waals surface area contributed by atoms with E-state index >= 15 is 0 Å². The molecule has 0 unspecified atom stereocenters. The molecule has 24 heavy (non-hydrogen) atoms. The highest BCUT2D eigenvalue weighted by Gasteiger charge is 2.35. The molecular weight excluding hydrogens is 306 g/mol. The Morgan fingerprint density at radius 1 is 1.38 bits per heavy atom. The molecule has 0 spiro atoms. The Morgan fingerprint density at radius 3 is 2.62 bits per heavy atom. The fraction of sp³-hybridized carbons (Fsp3) is 0.471. The molecule has 7 nitrogen and oxygen atoms in total. The smallest absolute Gasteiger partial charge is 0.243 e. The molecule has 2 rings (SSSR count). The Morgan fingerprint density at radius 2 is 2.04 bits per heavy atom. The molecule has 0 bridgehead atoms. The molecule has 7 heteroatoms. The van der Waals surface area contributed by atoms with Gasteiger partial charge in [-0.25, -0.2) is 0 Å². The van der Waals surface area contributed by atoms with Crippen molar-refractivity contribution in [2.24, 2.45) is 11.5 Å². The van der Waals surface area contributed by atoms with Crippen LogP contribution in [0.25, 0.3) is 0 Å². The lowest BCUT2D eigenvalue weighted by atomic mass is 10.1. The van der Waals surface area contributed by atoms with Crippen molar-refractivity contribution in [2.45, 2.75) is 44.8 Å². The van der Waals surface area contributed by atoms with Crippen LogP contribution in [-0.2, 0) is 16.1 Å². The van der Waals surface area contributed by atoms with Crippen LogP contribution >= 0.6 is 0 Å². The predicted octanol–water partition coefficient (Wildman–Crippen LogP) is 0.315. The van der Waals surface area contributed by atoms with Crippen molar-refractivity contribution < 1.29 is 9.59 Å². The summed E-state index contributed by atoms with van der Waals surface area (Å²) in [5, 5.41) is 10.2. The number of hydrogen-bond acceptors (Lipinski definition) is 4. The molecule has 1 heterocycles. The van der Waals surface area contributed by atoms with E-state index in [1.165, 1.54) is 0 Å². The standard InChI is InChI=1S/C17H25N5O2/c1-2-13(18)17(24)22-9-3-4-14(22)16(23)21-10-11-5-7-12(8-6-11)15(19)20/h5-8,13-14H,2-4,9-10,18H2,1H3,(H3,19,20)(H,21,23)/t13-,14+/m1/s1. The van der Waals surface area contributed by atoms with Crippen molar-refractivity contribution >= 4 is 17.6 Å². The van der Waals surface area contributed by atoms with E-state index in [2.05, 4.69) is 5.32 Å². The maximum atomic E-state index is 12.4. The van der Waals surface area contributed by atoms with Crippen molar-refractivity contribution in [2.75, 3.05) is 6.54 Å². The van der Waals surface area contributed by atoms with E-state index in [0.717, 1.165) is 12.0 Å². The second kappa shape index (κ2) is 7.92. The molecule has 1 fully saturated rings. The van der Waals surface area contributed by atoms with Gasteiger partial charge in [-0.15, -0.1) is 0 Å². The number of carbonyl (C=O) groups is 2. The molecule has 0 radical (unpaired) electrons. The molecule has 0 saturated carbocycles. The first-order valence-electron chi connectivity index (χ1n) is 8.21. The summed E-state index contributed by atoms with van der Waals surface area (Å²) in [6.07, 6.45) is 2.04. The zero-order chi connectivity index (χ0) is 17.7. The largest absolute Gasteiger partial charge is 0.384 e. The topological polar surface area (TPSA) is 125 Å². The van der Waals surface area contributed by atoms with Crippen LogP contribution in [0.3, 0.4) is 0 Å². The molecule has 0 aliphatic carbocycles. The van der Waals surface area contributed by atoms with Gasteiger partial charge in [0.15, 0.2) is 0 Å². The van der Waals surface area contributed by atoms with Gasteiger partial charge in [-0.2, -0.15) is 0 Å². The molecule has 0 aromatic heterocycles. The number of hydrogen-bond donors (Lipinski definition) is 4. The van der Waals surface area contributed by atoms with Gasteiger partial charge in [0.2, 0.25) is 11.8 Å². The maximum absolute atomic E-state index is 12.4. The van der Waals surface area contributed by atoms with Crippen LogP contribution in [0.1, 0.15) is 37.3 Å². The lowest BCUT2D eigenvalue weighted by Crippen LogP contribution is -2.50. The number of carbonyl (C=O) groups excluding carboxylic acids is 2. The average Bonchev–Trinajstić information content (AvgIpc) is 3.08. The van der Waals surface area contributed by atoms with Gasteiger partial charge in [-0.05, 0) is 24.8 Å². The quantitative estimate of drug-likeness (QED) is 0.442. The average molecular weight is 331 g/mol. The Labute approximate surface area is 141 Å². The van der Waals surface area contributed by atoms with Crippen LogP contribution < -0.4 is 16.8 Å². The molecule has 6 N–H and O–H groups in total. The summed E-state index contributed by atoms with van der Waals surface area (Å²) in [6.45, 7) is 2.81. The van der Waals surface area contributed by atoms with Crippen LogP contribution in [0.15, 0.2) is 24.3 Å². The summed E-state index contributed by atoms with van der Waals surface area (Å²) in [5.74, 6) is -0.293. The number of nitrogens with one attached hydrogen (secondary N) is 2. The van der Waals surface area contributed by atoms with Crippen LogP contribution in [-0.4, -0.2) is 41.2 Å². The molecular formula is C17H25N5O2. The first kappa shape index (κ1) is 17.9. The number of rotatable bonds is 6. The zero-order valence-corrected chi connectivity index (χ0v) is 13.9. The highest BCUT2D eigenvalue weighted by molar-refractivity contribution is 5.95. The minimum Gasteiger partial charge on any atom is -0.384 e. The zero-order valence-electron chi connectivity index (χ0n) is 13.9. The third-order valence-corrected chi connectivity index (χ3v) is 4.33. The van der Waals surface area contributed by atoms with E-state index in [1.807, 2.05) is 19.1 Å². The second-order valence-corrected chi connectivity index (χ2v) is 6.03. The van der Waals surface area contributed by atoms with Crippen LogP contribution in [0.4, 0.5) is 0 Å². The maximum Gasteiger partial charge on any atom is 0.243 e. The molecule has 2 atom stereocenters. The van der Waals surface area contributed by atoms with E-state index in [4.69, 9.17) is 16.9 Å². The number of nitrogens with zero attached hydrogens (tertiary/aromatic N) is 1. The Balaban J connectivity index is 1.93. The SMILES string of the molecule is CC[C@@H](N)C(=O)N1CCC[C@H]1C(=O)NCc1ccc(C(=N)N)cc1. The molecule has 1 aromatic rings. The molecule has 1 aliphatic rings. The first-order chi connectivity index (χ1) is 11.4. The lowest BCUT2D eigenvalue weighted by Gasteiger charge is -2.26. The molecule has 130 valence electrons. The fourth-order valence-corrected chi connectivity index (χ4v) is 2.80. The Hall–Kier alpha value is -2.41. The van der Waals surface area contributed by atoms with Gasteiger partial charge < -0.3 is 21.7 Å². The monoisotopic (exact) mass is 331 g/mol. The number of nitrogens with two attached hydrogens (primary N) is 2. The second-order valence-electron chi connectivity index (χ2n) is 6.03. The highest BCUT2D eigenvalue weighted by atomic mass is 16.2. The van der Waals surface area contributed by atoms with E-state index in [-0.39, 0.29) is 17.6 Å². The minimum absolute atomic E-state index is 0.0120. The van der Waals surface area contributed by atoms with Crippen LogP contribution in [0, 0.1) is 5.41 Å². The predicted molar refractivity (Wildman–Crippen MR) is 92.3 cm³/mol. The van der Waals surface area contributed by atoms with Crippen molar-refractivity contribution in [3.05, 3.63) is 35.4 Å². The summed E-state index contributed by atoms with van der Waals surface area (Å²) in [7, 11) is 0. The number of nitrogen functional groups attached to an aromatic ring is 1. The van der Waals surface area contributed by atoms with Crippen molar-refractivity contribution in [3.63, 3.8) is 0 Å². The molecule has 1 saturated heterocycles. The van der Waals surface area contributed by atoms with Gasteiger partial charge in [-0.3, -0.25) is 15.0 Å². The van der Waals surface area contributed by atoms with E-state index in [9.17, 15) is 9.59 Å². The summed E-state index contributed by atoms with van der Waals surface area (Å²) in [4.78, 5) is 26.3. The third-order valence-electron chi connectivity index (χ3n) is 4.33. The highest BCUT2D eigenvalue weighted by Crippen LogP contribution is 2.19. The van der Waals surface area contributed by atoms with Gasteiger partial charge >= 0.3 is 0 Å². The number of amides is 2. The van der Waals surface area contributed by atoms with Crippen LogP contribution in [0.2, 0.25) is 0 Å². The first-order valence-corrected chi connectivity index (χ1v) is 8.21. The fourth-order valence-electron chi connectivity index (χ4n) is 2.80. The van der Waals surface area contributed by atoms with Gasteiger partial charge in [0.05, 0.1) is 6.04 Å².